The molecule has 0 aliphatic heterocycles. The van der Waals surface area contributed by atoms with Gasteiger partial charge in [0.2, 0.25) is 0 Å². The van der Waals surface area contributed by atoms with Gasteiger partial charge in [-0.1, -0.05) is 56.6 Å². The van der Waals surface area contributed by atoms with Crippen LogP contribution in [-0.2, 0) is 0 Å². The molecule has 3 aliphatic carbocycles. The molecule has 0 aromatic heterocycles. The highest BCUT2D eigenvalue weighted by atomic mass is 16.3. The monoisotopic (exact) mass is 388 g/mol. The minimum atomic E-state index is -0.611. The highest BCUT2D eigenvalue weighted by Gasteiger charge is 2.50. The molecule has 0 spiro atoms. The van der Waals surface area contributed by atoms with Gasteiger partial charge in [-0.15, -0.1) is 0 Å². The van der Waals surface area contributed by atoms with Gasteiger partial charge in [0.05, 0.1) is 12.2 Å². The molecule has 0 aromatic carbocycles. The van der Waals surface area contributed by atoms with Gasteiger partial charge >= 0.3 is 0 Å². The third kappa shape index (κ3) is 4.47. The molecule has 0 bridgehead atoms. The van der Waals surface area contributed by atoms with E-state index in [9.17, 15) is 10.2 Å². The second kappa shape index (κ2) is 9.28. The molecule has 3 N–H and O–H groups in total. The predicted molar refractivity (Wildman–Crippen MR) is 115 cm³/mol. The van der Waals surface area contributed by atoms with Crippen molar-refractivity contribution in [1.82, 2.24) is 0 Å². The first kappa shape index (κ1) is 21.8. The lowest BCUT2D eigenvalue weighted by Gasteiger charge is -2.44. The van der Waals surface area contributed by atoms with E-state index in [4.69, 9.17) is 5.11 Å². The van der Waals surface area contributed by atoms with Crippen LogP contribution in [0.5, 0.6) is 0 Å². The number of unbranched alkanes of at least 4 members (excludes halogenated alkanes) is 1. The van der Waals surface area contributed by atoms with Gasteiger partial charge in [-0.3, -0.25) is 0 Å². The lowest BCUT2D eigenvalue weighted by Crippen LogP contribution is -2.36. The van der Waals surface area contributed by atoms with E-state index < -0.39 is 12.2 Å². The molecule has 0 amide bonds. The van der Waals surface area contributed by atoms with Crippen molar-refractivity contribution < 1.29 is 15.3 Å². The van der Waals surface area contributed by atoms with Crippen molar-refractivity contribution in [2.75, 3.05) is 6.61 Å². The summed E-state index contributed by atoms with van der Waals surface area (Å²) in [4.78, 5) is 0. The summed E-state index contributed by atoms with van der Waals surface area (Å²) >= 11 is 0. The van der Waals surface area contributed by atoms with Crippen LogP contribution in [0.1, 0.15) is 78.1 Å². The van der Waals surface area contributed by atoms with Crippen LogP contribution in [0.3, 0.4) is 0 Å². The number of allylic oxidation sites excluding steroid dienone is 3. The fourth-order valence-electron chi connectivity index (χ4n) is 6.42. The Balaban J connectivity index is 1.70. The molecular formula is C25H40O3. The standard InChI is InChI=1S/C25H40O3/c1-17(7-4-5-14-26)21-11-12-22-20(8-6-13-25(21,22)3)10-9-19-15-23(27)18(2)24(28)16-19/h9-10,17,21-24,26-28H,2,4-8,11-16H2,1,3H3/b20-10+/t17-,21?,22?,23+,24+,25+/m0/s1. The number of aliphatic hydroxyl groups is 3. The van der Waals surface area contributed by atoms with Crippen LogP contribution in [-0.4, -0.2) is 34.1 Å². The van der Waals surface area contributed by atoms with Gasteiger partial charge in [0.1, 0.15) is 0 Å². The highest BCUT2D eigenvalue weighted by molar-refractivity contribution is 5.29. The third-order valence-corrected chi connectivity index (χ3v) is 8.09. The Hall–Kier alpha value is -0.900. The van der Waals surface area contributed by atoms with Crippen molar-refractivity contribution in [3.05, 3.63) is 35.5 Å². The average molecular weight is 389 g/mol. The van der Waals surface area contributed by atoms with Gasteiger partial charge in [0, 0.05) is 6.61 Å². The van der Waals surface area contributed by atoms with Crippen molar-refractivity contribution in [2.24, 2.45) is 23.2 Å². The smallest absolute Gasteiger partial charge is 0.0809 e. The maximum atomic E-state index is 10.1. The highest BCUT2D eigenvalue weighted by Crippen LogP contribution is 2.59. The Bertz CT molecular complexity index is 603. The van der Waals surface area contributed by atoms with Gasteiger partial charge in [-0.05, 0) is 80.1 Å². The lowest BCUT2D eigenvalue weighted by molar-refractivity contribution is 0.0925. The minimum absolute atomic E-state index is 0.315. The maximum absolute atomic E-state index is 10.1. The molecule has 0 aromatic rings. The van der Waals surface area contributed by atoms with E-state index in [1.807, 2.05) is 0 Å². The number of fused-ring (bicyclic) bond motifs is 1. The van der Waals surface area contributed by atoms with Gasteiger partial charge in [-0.2, -0.15) is 0 Å². The molecule has 158 valence electrons. The summed E-state index contributed by atoms with van der Waals surface area (Å²) in [5, 5.41) is 29.3. The van der Waals surface area contributed by atoms with Crippen LogP contribution < -0.4 is 0 Å². The summed E-state index contributed by atoms with van der Waals surface area (Å²) in [5.74, 6) is 2.19. The van der Waals surface area contributed by atoms with Crippen LogP contribution >= 0.6 is 0 Å². The van der Waals surface area contributed by atoms with Crippen LogP contribution in [0.4, 0.5) is 0 Å². The Kier molecular flexibility index (Phi) is 7.22. The summed E-state index contributed by atoms with van der Waals surface area (Å²) in [6.07, 6.45) is 14.2. The van der Waals surface area contributed by atoms with Gasteiger partial charge < -0.3 is 15.3 Å². The lowest BCUT2D eigenvalue weighted by atomic mass is 9.60. The van der Waals surface area contributed by atoms with Crippen LogP contribution in [0.25, 0.3) is 0 Å². The van der Waals surface area contributed by atoms with E-state index in [-0.39, 0.29) is 0 Å². The largest absolute Gasteiger partial charge is 0.396 e. The third-order valence-electron chi connectivity index (χ3n) is 8.09. The topological polar surface area (TPSA) is 60.7 Å². The first-order chi connectivity index (χ1) is 13.4. The van der Waals surface area contributed by atoms with E-state index >= 15 is 0 Å². The van der Waals surface area contributed by atoms with E-state index in [1.54, 1.807) is 5.57 Å². The van der Waals surface area contributed by atoms with E-state index in [1.165, 1.54) is 38.5 Å². The van der Waals surface area contributed by atoms with Crippen molar-refractivity contribution in [3.63, 3.8) is 0 Å². The summed E-state index contributed by atoms with van der Waals surface area (Å²) in [6, 6.07) is 0. The summed E-state index contributed by atoms with van der Waals surface area (Å²) < 4.78 is 0. The molecule has 0 heterocycles. The quantitative estimate of drug-likeness (QED) is 0.447. The normalized spacial score (nSPS) is 38.5. The molecule has 0 radical (unpaired) electrons. The van der Waals surface area contributed by atoms with Crippen molar-refractivity contribution in [3.8, 4) is 0 Å². The molecular weight excluding hydrogens is 348 g/mol. The number of aliphatic hydroxyl groups excluding tert-OH is 3. The van der Waals surface area contributed by atoms with Crippen molar-refractivity contribution in [1.29, 1.82) is 0 Å². The number of hydrogen-bond acceptors (Lipinski definition) is 3. The van der Waals surface area contributed by atoms with Crippen LogP contribution in [0.2, 0.25) is 0 Å². The molecule has 3 aliphatic rings. The predicted octanol–water partition coefficient (Wildman–Crippen LogP) is 4.93. The molecule has 28 heavy (non-hydrogen) atoms. The van der Waals surface area contributed by atoms with E-state index in [2.05, 4.69) is 32.6 Å². The number of rotatable bonds is 6. The fourth-order valence-corrected chi connectivity index (χ4v) is 6.42. The zero-order valence-corrected chi connectivity index (χ0v) is 17.9. The molecule has 2 unspecified atom stereocenters. The van der Waals surface area contributed by atoms with Crippen LogP contribution in [0.15, 0.2) is 35.5 Å². The molecule has 6 atom stereocenters. The molecule has 0 saturated heterocycles. The minimum Gasteiger partial charge on any atom is -0.396 e. The Morgan fingerprint density at radius 3 is 2.54 bits per heavy atom. The Labute approximate surface area is 171 Å². The molecule has 3 rings (SSSR count). The zero-order chi connectivity index (χ0) is 20.3. The number of hydrogen-bond donors (Lipinski definition) is 3. The molecule has 3 nitrogen and oxygen atoms in total. The average Bonchev–Trinajstić information content (AvgIpc) is 3.02. The zero-order valence-electron chi connectivity index (χ0n) is 17.9. The Morgan fingerprint density at radius 1 is 1.14 bits per heavy atom. The van der Waals surface area contributed by atoms with Gasteiger partial charge in [0.15, 0.2) is 0 Å². The van der Waals surface area contributed by atoms with E-state index in [0.717, 1.165) is 30.3 Å². The summed E-state index contributed by atoms with van der Waals surface area (Å²) in [7, 11) is 0. The fraction of sp³-hybridized carbons (Fsp3) is 0.760. The maximum Gasteiger partial charge on any atom is 0.0809 e. The van der Waals surface area contributed by atoms with Crippen LogP contribution in [0, 0.1) is 23.2 Å². The van der Waals surface area contributed by atoms with Crippen molar-refractivity contribution >= 4 is 0 Å². The molecule has 3 fully saturated rings. The summed E-state index contributed by atoms with van der Waals surface area (Å²) in [6.45, 7) is 9.07. The first-order valence-electron chi connectivity index (χ1n) is 11.4. The molecule has 3 saturated carbocycles. The van der Waals surface area contributed by atoms with Gasteiger partial charge in [0.25, 0.3) is 0 Å². The Morgan fingerprint density at radius 2 is 1.86 bits per heavy atom. The molecule has 3 heteroatoms. The van der Waals surface area contributed by atoms with Crippen molar-refractivity contribution in [2.45, 2.75) is 90.3 Å². The summed E-state index contributed by atoms with van der Waals surface area (Å²) in [5.41, 5.74) is 3.68. The van der Waals surface area contributed by atoms with E-state index in [0.29, 0.717) is 36.4 Å². The second-order valence-corrected chi connectivity index (χ2v) is 9.87. The van der Waals surface area contributed by atoms with Gasteiger partial charge in [-0.25, -0.2) is 0 Å². The SMILES string of the molecule is C=C1[C@H](O)CC(=C/C=C2\CCC[C@@]3(C)C2CCC3[C@@H](C)CCCCO)C[C@H]1O. The second-order valence-electron chi connectivity index (χ2n) is 9.87. The first-order valence-corrected chi connectivity index (χ1v) is 11.4.